The van der Waals surface area contributed by atoms with Crippen LogP contribution in [0.5, 0.6) is 0 Å². The van der Waals surface area contributed by atoms with Crippen molar-refractivity contribution >= 4 is 60.8 Å². The van der Waals surface area contributed by atoms with E-state index < -0.39 is 15.3 Å². The average Bonchev–Trinajstić information content (AvgIpc) is 2.92. The zero-order chi connectivity index (χ0) is 23.8. The maximum absolute atomic E-state index is 14.0. The third-order valence-electron chi connectivity index (χ3n) is 5.70. The highest BCUT2D eigenvalue weighted by molar-refractivity contribution is 8.26. The minimum Gasteiger partial charge on any atom is -0.356 e. The van der Waals surface area contributed by atoms with Crippen molar-refractivity contribution in [2.75, 3.05) is 23.3 Å². The van der Waals surface area contributed by atoms with E-state index in [-0.39, 0.29) is 19.4 Å². The Hall–Kier alpha value is -2.61. The average molecular weight is 489 g/mol. The molecule has 0 saturated carbocycles. The molecule has 3 N–H and O–H groups in total. The van der Waals surface area contributed by atoms with Crippen molar-refractivity contribution in [3.8, 4) is 0 Å². The molecular formula is C25H27ClF2N4S. The molecule has 1 aliphatic rings. The minimum atomic E-state index is -2.66. The van der Waals surface area contributed by atoms with E-state index >= 15 is 0 Å². The lowest BCUT2D eigenvalue weighted by atomic mass is 10.1. The Morgan fingerprint density at radius 1 is 1.12 bits per heavy atom. The van der Waals surface area contributed by atoms with Crippen LogP contribution < -0.4 is 15.4 Å². The summed E-state index contributed by atoms with van der Waals surface area (Å²) >= 11 is 6.18. The van der Waals surface area contributed by atoms with Crippen LogP contribution in [-0.2, 0) is 0 Å². The number of benzene rings is 2. The monoisotopic (exact) mass is 488 g/mol. The molecule has 3 aromatic rings. The second-order valence-electron chi connectivity index (χ2n) is 8.47. The molecule has 0 atom stereocenters. The van der Waals surface area contributed by atoms with Gasteiger partial charge in [-0.05, 0) is 42.8 Å². The third kappa shape index (κ3) is 5.49. The lowest BCUT2D eigenvalue weighted by Gasteiger charge is -2.26. The first-order valence-electron chi connectivity index (χ1n) is 10.6. The smallest absolute Gasteiger partial charge is 0.249 e. The number of fused-ring (bicyclic) bond motifs is 1. The van der Waals surface area contributed by atoms with Crippen molar-refractivity contribution in [2.45, 2.75) is 30.1 Å². The van der Waals surface area contributed by atoms with Crippen molar-refractivity contribution in [1.29, 1.82) is 0 Å². The van der Waals surface area contributed by atoms with Gasteiger partial charge in [-0.3, -0.25) is 5.14 Å². The Morgan fingerprint density at radius 2 is 1.91 bits per heavy atom. The summed E-state index contributed by atoms with van der Waals surface area (Å²) in [5.41, 5.74) is 2.85. The number of rotatable bonds is 5. The van der Waals surface area contributed by atoms with E-state index in [0.717, 1.165) is 21.5 Å². The molecule has 4 rings (SSSR count). The number of anilines is 2. The van der Waals surface area contributed by atoms with Gasteiger partial charge >= 0.3 is 0 Å². The number of aromatic nitrogens is 1. The van der Waals surface area contributed by atoms with E-state index in [4.69, 9.17) is 21.7 Å². The summed E-state index contributed by atoms with van der Waals surface area (Å²) < 4.78 is 28.1. The van der Waals surface area contributed by atoms with Crippen LogP contribution in [0.1, 0.15) is 24.8 Å². The van der Waals surface area contributed by atoms with E-state index in [2.05, 4.69) is 23.6 Å². The quantitative estimate of drug-likeness (QED) is 0.402. The number of hydrogen-bond acceptors (Lipinski definition) is 4. The van der Waals surface area contributed by atoms with E-state index in [0.29, 0.717) is 35.0 Å². The fourth-order valence-electron chi connectivity index (χ4n) is 3.94. The number of nitrogens with one attached hydrogen (secondary N) is 1. The van der Waals surface area contributed by atoms with E-state index in [1.54, 1.807) is 12.1 Å². The van der Waals surface area contributed by atoms with Crippen molar-refractivity contribution in [3.05, 3.63) is 65.7 Å². The molecular weight excluding hydrogens is 462 g/mol. The predicted molar refractivity (Wildman–Crippen MR) is 141 cm³/mol. The van der Waals surface area contributed by atoms with Crippen LogP contribution in [-0.4, -0.2) is 35.7 Å². The molecule has 2 heterocycles. The highest BCUT2D eigenvalue weighted by Gasteiger charge is 2.32. The van der Waals surface area contributed by atoms with Crippen molar-refractivity contribution in [1.82, 2.24) is 4.98 Å². The second kappa shape index (κ2) is 8.97. The second-order valence-corrected chi connectivity index (χ2v) is 11.3. The van der Waals surface area contributed by atoms with Gasteiger partial charge < -0.3 is 10.2 Å². The van der Waals surface area contributed by atoms with Crippen LogP contribution >= 0.6 is 21.0 Å². The molecule has 1 aliphatic heterocycles. The number of pyridine rings is 1. The van der Waals surface area contributed by atoms with Gasteiger partial charge in [-0.15, -0.1) is 9.39 Å². The van der Waals surface area contributed by atoms with Crippen LogP contribution in [0.25, 0.3) is 16.6 Å². The zero-order valence-corrected chi connectivity index (χ0v) is 19.9. The lowest BCUT2D eigenvalue weighted by molar-refractivity contribution is -0.0102. The standard InChI is InChI=1S/C25H27ClF2N4S/c1-17(30-20-6-4-7-21(16-20)33(2,3)29)22-14-18-8-9-19(26)15-23(18)31-24(22)32-12-5-10-25(27,28)11-13-32/h4,6-9,14-16,30H,1-3,5,10-13,29H2. The summed E-state index contributed by atoms with van der Waals surface area (Å²) in [6.45, 7) is 4.94. The summed E-state index contributed by atoms with van der Waals surface area (Å²) in [5, 5.41) is 10.9. The van der Waals surface area contributed by atoms with Gasteiger partial charge in [-0.1, -0.05) is 42.1 Å². The first kappa shape index (κ1) is 23.5. The maximum atomic E-state index is 14.0. The van der Waals surface area contributed by atoms with Gasteiger partial charge in [0, 0.05) is 58.2 Å². The fourth-order valence-corrected chi connectivity index (χ4v) is 4.81. The van der Waals surface area contributed by atoms with Crippen LogP contribution in [0.15, 0.2) is 60.0 Å². The van der Waals surface area contributed by atoms with Crippen LogP contribution in [0.2, 0.25) is 5.02 Å². The van der Waals surface area contributed by atoms with Gasteiger partial charge in [0.1, 0.15) is 5.82 Å². The zero-order valence-electron chi connectivity index (χ0n) is 18.3. The summed E-state index contributed by atoms with van der Waals surface area (Å²) in [6.07, 6.45) is 0.0551. The molecule has 0 spiro atoms. The van der Waals surface area contributed by atoms with Crippen LogP contribution in [0, 0.1) is 0 Å². The minimum absolute atomic E-state index is 0.122. The third-order valence-corrected chi connectivity index (χ3v) is 7.13. The molecule has 8 heteroatoms. The molecule has 174 valence electrons. The number of alkyl halides is 2. The van der Waals surface area contributed by atoms with E-state index in [1.165, 1.54) is 0 Å². The molecule has 33 heavy (non-hydrogen) atoms. The van der Waals surface area contributed by atoms with Gasteiger partial charge in [0.15, 0.2) is 0 Å². The Balaban J connectivity index is 1.74. The molecule has 0 radical (unpaired) electrons. The van der Waals surface area contributed by atoms with Gasteiger partial charge in [0.2, 0.25) is 5.92 Å². The summed E-state index contributed by atoms with van der Waals surface area (Å²) in [5.74, 6) is 5.89. The van der Waals surface area contributed by atoms with E-state index in [9.17, 15) is 8.78 Å². The molecule has 0 bridgehead atoms. The van der Waals surface area contributed by atoms with Crippen molar-refractivity contribution < 1.29 is 8.78 Å². The number of halogens is 3. The molecule has 4 nitrogen and oxygen atoms in total. The molecule has 0 unspecified atom stereocenters. The van der Waals surface area contributed by atoms with Gasteiger partial charge in [-0.2, -0.15) is 0 Å². The SMILES string of the molecule is C=C(Nc1cccc(S(=C)(=C)N)c1)c1cc2ccc(Cl)cc2nc1N1CCCC(F)(F)CC1. The Labute approximate surface area is 198 Å². The fraction of sp³-hybridized carbons (Fsp3) is 0.240. The number of hydrogen-bond donors (Lipinski definition) is 2. The van der Waals surface area contributed by atoms with Gasteiger partial charge in [0.25, 0.3) is 0 Å². The highest BCUT2D eigenvalue weighted by atomic mass is 35.5. The van der Waals surface area contributed by atoms with Crippen molar-refractivity contribution in [2.24, 2.45) is 5.14 Å². The maximum Gasteiger partial charge on any atom is 0.249 e. The summed E-state index contributed by atoms with van der Waals surface area (Å²) in [4.78, 5) is 7.59. The van der Waals surface area contributed by atoms with Crippen LogP contribution in [0.4, 0.5) is 20.3 Å². The van der Waals surface area contributed by atoms with Gasteiger partial charge in [0.05, 0.1) is 5.52 Å². The Kier molecular flexibility index (Phi) is 6.40. The largest absolute Gasteiger partial charge is 0.356 e. The normalized spacial score (nSPS) is 16.4. The molecule has 2 aromatic carbocycles. The molecule has 1 saturated heterocycles. The topological polar surface area (TPSA) is 54.2 Å². The van der Waals surface area contributed by atoms with Crippen LogP contribution in [0.3, 0.4) is 0 Å². The molecule has 0 aliphatic carbocycles. The summed E-state index contributed by atoms with van der Waals surface area (Å²) in [6, 6.07) is 15.0. The van der Waals surface area contributed by atoms with E-state index in [1.807, 2.05) is 41.3 Å². The molecule has 1 aromatic heterocycles. The first-order chi connectivity index (χ1) is 15.5. The predicted octanol–water partition coefficient (Wildman–Crippen LogP) is 6.50. The molecule has 0 amide bonds. The number of nitrogens with two attached hydrogens (primary N) is 1. The highest BCUT2D eigenvalue weighted by Crippen LogP contribution is 2.35. The van der Waals surface area contributed by atoms with Gasteiger partial charge in [-0.25, -0.2) is 13.8 Å². The number of nitrogens with zero attached hydrogens (tertiary/aromatic N) is 2. The first-order valence-corrected chi connectivity index (χ1v) is 13.0. The lowest BCUT2D eigenvalue weighted by Crippen LogP contribution is -2.28. The van der Waals surface area contributed by atoms with Crippen molar-refractivity contribution in [3.63, 3.8) is 0 Å². The molecule has 1 fully saturated rings. The summed E-state index contributed by atoms with van der Waals surface area (Å²) in [7, 11) is -1.87. The Bertz CT molecular complexity index is 1320. The Morgan fingerprint density at radius 3 is 2.67 bits per heavy atom.